The van der Waals surface area contributed by atoms with Crippen molar-refractivity contribution in [3.05, 3.63) is 57.7 Å². The predicted octanol–water partition coefficient (Wildman–Crippen LogP) is 4.54. The van der Waals surface area contributed by atoms with Gasteiger partial charge in [0.25, 0.3) is 5.56 Å². The second-order valence-corrected chi connectivity index (χ2v) is 8.65. The molecule has 31 heavy (non-hydrogen) atoms. The van der Waals surface area contributed by atoms with Crippen molar-refractivity contribution >= 4 is 27.7 Å². The highest BCUT2D eigenvalue weighted by molar-refractivity contribution is 6.04. The number of aromatic nitrogens is 2. The maximum absolute atomic E-state index is 14.7. The van der Waals surface area contributed by atoms with E-state index in [2.05, 4.69) is 4.98 Å². The van der Waals surface area contributed by atoms with Crippen LogP contribution in [0.1, 0.15) is 44.2 Å². The molecule has 6 nitrogen and oxygen atoms in total. The summed E-state index contributed by atoms with van der Waals surface area (Å²) >= 11 is 0. The van der Waals surface area contributed by atoms with E-state index in [0.29, 0.717) is 22.0 Å². The van der Waals surface area contributed by atoms with Gasteiger partial charge in [0.2, 0.25) is 5.89 Å². The molecule has 160 valence electrons. The zero-order valence-electron chi connectivity index (χ0n) is 17.3. The van der Waals surface area contributed by atoms with Crippen LogP contribution >= 0.6 is 0 Å². The number of aryl methyl sites for hydroxylation is 1. The van der Waals surface area contributed by atoms with Gasteiger partial charge in [0, 0.05) is 23.1 Å². The molecular weight excluding hydrogens is 404 g/mol. The Kier molecular flexibility index (Phi) is 4.05. The average Bonchev–Trinajstić information content (AvgIpc) is 3.41. The smallest absolute Gasteiger partial charge is 0.281 e. The molecule has 0 saturated heterocycles. The summed E-state index contributed by atoms with van der Waals surface area (Å²) in [6.45, 7) is 4.82. The minimum absolute atomic E-state index is 0.00337. The quantitative estimate of drug-likeness (QED) is 0.470. The van der Waals surface area contributed by atoms with Crippen molar-refractivity contribution in [2.24, 2.45) is 0 Å². The van der Waals surface area contributed by atoms with Crippen molar-refractivity contribution in [1.82, 2.24) is 9.55 Å². The van der Waals surface area contributed by atoms with Gasteiger partial charge in [0.1, 0.15) is 17.2 Å². The van der Waals surface area contributed by atoms with E-state index in [1.165, 1.54) is 13.8 Å². The van der Waals surface area contributed by atoms with E-state index in [-0.39, 0.29) is 39.8 Å². The maximum Gasteiger partial charge on any atom is 0.281 e. The summed E-state index contributed by atoms with van der Waals surface area (Å²) in [6, 6.07) is 5.41. The van der Waals surface area contributed by atoms with Crippen LogP contribution < -0.4 is 11.3 Å². The van der Waals surface area contributed by atoms with E-state index in [0.717, 1.165) is 25.0 Å². The molecule has 3 N–H and O–H groups in total. The first-order valence-corrected chi connectivity index (χ1v) is 10.0. The second kappa shape index (κ2) is 6.37. The van der Waals surface area contributed by atoms with E-state index in [1.807, 2.05) is 0 Å². The fraction of sp³-hybridized carbons (Fsp3) is 0.304. The highest BCUT2D eigenvalue weighted by Crippen LogP contribution is 2.41. The first-order chi connectivity index (χ1) is 14.6. The molecule has 1 fully saturated rings. The molecule has 2 aromatic heterocycles. The van der Waals surface area contributed by atoms with Crippen LogP contribution in [0.25, 0.3) is 33.1 Å². The Morgan fingerprint density at radius 1 is 1.19 bits per heavy atom. The lowest BCUT2D eigenvalue weighted by Crippen LogP contribution is -2.21. The summed E-state index contributed by atoms with van der Waals surface area (Å²) < 4.78 is 36.2. The molecule has 2 aromatic carbocycles. The van der Waals surface area contributed by atoms with Gasteiger partial charge >= 0.3 is 0 Å². The van der Waals surface area contributed by atoms with Gasteiger partial charge in [-0.2, -0.15) is 0 Å². The summed E-state index contributed by atoms with van der Waals surface area (Å²) in [7, 11) is 0. The number of nitrogens with zero attached hydrogens (tertiary/aromatic N) is 2. The predicted molar refractivity (Wildman–Crippen MR) is 114 cm³/mol. The van der Waals surface area contributed by atoms with E-state index in [9.17, 15) is 18.7 Å². The van der Waals surface area contributed by atoms with E-state index >= 15 is 0 Å². The van der Waals surface area contributed by atoms with Crippen LogP contribution in [-0.2, 0) is 5.60 Å². The number of hydrogen-bond donors (Lipinski definition) is 2. The zero-order valence-corrected chi connectivity index (χ0v) is 17.3. The minimum atomic E-state index is -1.36. The SMILES string of the molecule is Cc1c(-c2cc(F)c(N)cc2F)ccc2c3oc(C(C)(C)O)nc3c(=O)n(C3CC3)c12. The van der Waals surface area contributed by atoms with Crippen LogP contribution in [0.3, 0.4) is 0 Å². The van der Waals surface area contributed by atoms with E-state index < -0.39 is 17.2 Å². The number of aliphatic hydroxyl groups is 1. The number of fused-ring (bicyclic) bond motifs is 3. The van der Waals surface area contributed by atoms with Gasteiger partial charge in [-0.1, -0.05) is 6.07 Å². The van der Waals surface area contributed by atoms with Gasteiger partial charge in [0.05, 0.1) is 11.2 Å². The molecule has 1 aliphatic carbocycles. The Morgan fingerprint density at radius 2 is 1.90 bits per heavy atom. The number of nitrogen functional groups attached to an aromatic ring is 1. The lowest BCUT2D eigenvalue weighted by atomic mass is 9.96. The van der Waals surface area contributed by atoms with Crippen LogP contribution in [0.5, 0.6) is 0 Å². The fourth-order valence-corrected chi connectivity index (χ4v) is 4.06. The largest absolute Gasteiger partial charge is 0.437 e. The standard InChI is InChI=1S/C23H21F2N3O3/c1-10-12(14-8-16(25)17(26)9-15(14)24)6-7-13-19(10)28(11-4-5-11)21(29)18-20(13)31-22(27-18)23(2,3)30/h6-9,11,30H,4-5,26H2,1-3H3. The number of halogens is 2. The van der Waals surface area contributed by atoms with Crippen molar-refractivity contribution in [3.8, 4) is 11.1 Å². The number of oxazole rings is 1. The first-order valence-electron chi connectivity index (χ1n) is 10.0. The Bertz CT molecular complexity index is 1440. The lowest BCUT2D eigenvalue weighted by molar-refractivity contribution is 0.0502. The topological polar surface area (TPSA) is 94.3 Å². The van der Waals surface area contributed by atoms with Gasteiger partial charge in [0.15, 0.2) is 11.1 Å². The summed E-state index contributed by atoms with van der Waals surface area (Å²) in [4.78, 5) is 17.6. The van der Waals surface area contributed by atoms with E-state index in [1.54, 1.807) is 23.6 Å². The highest BCUT2D eigenvalue weighted by Gasteiger charge is 2.32. The van der Waals surface area contributed by atoms with Crippen LogP contribution in [0.2, 0.25) is 0 Å². The molecule has 0 spiro atoms. The van der Waals surface area contributed by atoms with Crippen LogP contribution in [-0.4, -0.2) is 14.7 Å². The molecule has 1 saturated carbocycles. The van der Waals surface area contributed by atoms with Gasteiger partial charge in [-0.3, -0.25) is 4.79 Å². The van der Waals surface area contributed by atoms with E-state index in [4.69, 9.17) is 10.2 Å². The minimum Gasteiger partial charge on any atom is -0.437 e. The first kappa shape index (κ1) is 19.7. The molecule has 0 bridgehead atoms. The molecule has 5 rings (SSSR count). The number of hydrogen-bond acceptors (Lipinski definition) is 5. The molecule has 1 aliphatic rings. The normalized spacial score (nSPS) is 14.6. The Balaban J connectivity index is 1.90. The number of benzene rings is 2. The van der Waals surface area contributed by atoms with Gasteiger partial charge in [-0.05, 0) is 56.9 Å². The van der Waals surface area contributed by atoms with Crippen LogP contribution in [0.4, 0.5) is 14.5 Å². The van der Waals surface area contributed by atoms with Crippen molar-refractivity contribution in [3.63, 3.8) is 0 Å². The Labute approximate surface area is 175 Å². The summed E-state index contributed by atoms with van der Waals surface area (Å²) in [6.07, 6.45) is 1.68. The second-order valence-electron chi connectivity index (χ2n) is 8.65. The lowest BCUT2D eigenvalue weighted by Gasteiger charge is -2.16. The number of pyridine rings is 1. The molecular formula is C23H21F2N3O3. The van der Waals surface area contributed by atoms with Gasteiger partial charge in [-0.15, -0.1) is 0 Å². The molecule has 0 unspecified atom stereocenters. The monoisotopic (exact) mass is 425 g/mol. The van der Waals surface area contributed by atoms with Crippen molar-refractivity contribution in [2.75, 3.05) is 5.73 Å². The van der Waals surface area contributed by atoms with Gasteiger partial charge in [-0.25, -0.2) is 13.8 Å². The molecule has 4 aromatic rings. The third-order valence-electron chi connectivity index (χ3n) is 5.78. The maximum atomic E-state index is 14.7. The molecule has 2 heterocycles. The van der Waals surface area contributed by atoms with Gasteiger partial charge < -0.3 is 19.8 Å². The number of anilines is 1. The van der Waals surface area contributed by atoms with Crippen molar-refractivity contribution in [1.29, 1.82) is 0 Å². The fourth-order valence-electron chi connectivity index (χ4n) is 4.06. The van der Waals surface area contributed by atoms with Crippen LogP contribution in [0, 0.1) is 18.6 Å². The third kappa shape index (κ3) is 2.93. The zero-order chi connectivity index (χ0) is 22.2. The Morgan fingerprint density at radius 3 is 2.55 bits per heavy atom. The number of nitrogens with two attached hydrogens (primary N) is 1. The molecule has 0 radical (unpaired) electrons. The Hall–Kier alpha value is -3.26. The van der Waals surface area contributed by atoms with Crippen molar-refractivity contribution in [2.45, 2.75) is 45.3 Å². The summed E-state index contributed by atoms with van der Waals surface area (Å²) in [5, 5.41) is 10.9. The highest BCUT2D eigenvalue weighted by atomic mass is 19.1. The average molecular weight is 425 g/mol. The number of rotatable bonds is 3. The molecule has 0 amide bonds. The summed E-state index contributed by atoms with van der Waals surface area (Å²) in [5.74, 6) is -1.31. The summed E-state index contributed by atoms with van der Waals surface area (Å²) in [5.41, 5.74) is 5.69. The van der Waals surface area contributed by atoms with Crippen molar-refractivity contribution < 1.29 is 18.3 Å². The molecule has 8 heteroatoms. The molecule has 0 atom stereocenters. The molecule has 0 aliphatic heterocycles. The van der Waals surface area contributed by atoms with Crippen LogP contribution in [0.15, 0.2) is 33.5 Å². The third-order valence-corrected chi connectivity index (χ3v) is 5.78.